The summed E-state index contributed by atoms with van der Waals surface area (Å²) in [6.07, 6.45) is 1.64. The predicted octanol–water partition coefficient (Wildman–Crippen LogP) is 2.80. The Kier molecular flexibility index (Phi) is 5.43. The Bertz CT molecular complexity index is 425. The van der Waals surface area contributed by atoms with Crippen molar-refractivity contribution < 1.29 is 9.53 Å². The molecule has 0 aliphatic carbocycles. The van der Waals surface area contributed by atoms with Crippen LogP contribution in [-0.4, -0.2) is 19.1 Å². The lowest BCUT2D eigenvalue weighted by atomic mass is 9.98. The fourth-order valence-corrected chi connectivity index (χ4v) is 1.77. The lowest BCUT2D eigenvalue weighted by Crippen LogP contribution is -2.28. The van der Waals surface area contributed by atoms with E-state index in [2.05, 4.69) is 38.7 Å². The van der Waals surface area contributed by atoms with Gasteiger partial charge in [0.2, 0.25) is 0 Å². The number of hydrogen-bond donors (Lipinski definition) is 1. The van der Waals surface area contributed by atoms with Crippen molar-refractivity contribution >= 4 is 5.91 Å². The highest BCUT2D eigenvalue weighted by molar-refractivity contribution is 5.77. The molecule has 0 aliphatic rings. The zero-order valence-corrected chi connectivity index (χ0v) is 11.3. The van der Waals surface area contributed by atoms with Crippen LogP contribution in [0.1, 0.15) is 30.9 Å². The molecule has 0 heterocycles. The molecule has 0 fully saturated rings. The average molecular weight is 247 g/mol. The molecule has 1 N–H and O–H groups in total. The summed E-state index contributed by atoms with van der Waals surface area (Å²) in [6.45, 7) is 10.4. The van der Waals surface area contributed by atoms with Crippen LogP contribution in [0.25, 0.3) is 0 Å². The first-order chi connectivity index (χ1) is 8.54. The van der Waals surface area contributed by atoms with Crippen LogP contribution in [0.15, 0.2) is 30.9 Å². The Labute approximate surface area is 109 Å². The van der Waals surface area contributed by atoms with E-state index >= 15 is 0 Å². The molecule has 0 unspecified atom stereocenters. The van der Waals surface area contributed by atoms with Crippen LogP contribution in [0.4, 0.5) is 0 Å². The van der Waals surface area contributed by atoms with Gasteiger partial charge in [0.1, 0.15) is 5.75 Å². The molecule has 0 saturated heterocycles. The van der Waals surface area contributed by atoms with Gasteiger partial charge in [0.05, 0.1) is 0 Å². The van der Waals surface area contributed by atoms with Crippen LogP contribution >= 0.6 is 0 Å². The number of aryl methyl sites for hydroxylation is 1. The van der Waals surface area contributed by atoms with E-state index < -0.39 is 0 Å². The third-order valence-corrected chi connectivity index (χ3v) is 2.68. The van der Waals surface area contributed by atoms with Gasteiger partial charge < -0.3 is 10.1 Å². The first-order valence-corrected chi connectivity index (χ1v) is 6.15. The van der Waals surface area contributed by atoms with Gasteiger partial charge in [-0.25, -0.2) is 0 Å². The minimum atomic E-state index is -0.138. The van der Waals surface area contributed by atoms with Gasteiger partial charge in [0.25, 0.3) is 5.91 Å². The molecule has 0 bridgehead atoms. The van der Waals surface area contributed by atoms with Gasteiger partial charge in [-0.3, -0.25) is 4.79 Å². The SMILES string of the molecule is C=CCNC(=O)COc1ccc(C(C)C)c(C)c1. The fourth-order valence-electron chi connectivity index (χ4n) is 1.77. The van der Waals surface area contributed by atoms with Gasteiger partial charge in [0, 0.05) is 6.54 Å². The van der Waals surface area contributed by atoms with E-state index in [4.69, 9.17) is 4.74 Å². The molecular formula is C15H21NO2. The largest absolute Gasteiger partial charge is 0.484 e. The Morgan fingerprint density at radius 3 is 2.78 bits per heavy atom. The number of hydrogen-bond acceptors (Lipinski definition) is 2. The molecule has 0 saturated carbocycles. The van der Waals surface area contributed by atoms with Crippen LogP contribution in [0.5, 0.6) is 5.75 Å². The van der Waals surface area contributed by atoms with Gasteiger partial charge in [0.15, 0.2) is 6.61 Å². The molecule has 1 rings (SSSR count). The van der Waals surface area contributed by atoms with Crippen LogP contribution in [-0.2, 0) is 4.79 Å². The third-order valence-electron chi connectivity index (χ3n) is 2.68. The zero-order chi connectivity index (χ0) is 13.5. The van der Waals surface area contributed by atoms with Crippen LogP contribution in [0.2, 0.25) is 0 Å². The third kappa shape index (κ3) is 4.24. The first kappa shape index (κ1) is 14.3. The number of rotatable bonds is 6. The molecule has 3 heteroatoms. The van der Waals surface area contributed by atoms with Crippen molar-refractivity contribution in [3.8, 4) is 5.75 Å². The Hall–Kier alpha value is -1.77. The molecule has 0 radical (unpaired) electrons. The summed E-state index contributed by atoms with van der Waals surface area (Å²) in [4.78, 5) is 11.4. The number of carbonyl (C=O) groups is 1. The first-order valence-electron chi connectivity index (χ1n) is 6.15. The Balaban J connectivity index is 2.56. The minimum Gasteiger partial charge on any atom is -0.484 e. The number of ether oxygens (including phenoxy) is 1. The lowest BCUT2D eigenvalue weighted by molar-refractivity contribution is -0.122. The maximum absolute atomic E-state index is 11.4. The Morgan fingerprint density at radius 1 is 1.50 bits per heavy atom. The molecule has 18 heavy (non-hydrogen) atoms. The smallest absolute Gasteiger partial charge is 0.258 e. The maximum atomic E-state index is 11.4. The summed E-state index contributed by atoms with van der Waals surface area (Å²) in [5.74, 6) is 1.08. The monoisotopic (exact) mass is 247 g/mol. The minimum absolute atomic E-state index is 0.0360. The number of amides is 1. The molecule has 0 atom stereocenters. The standard InChI is InChI=1S/C15H21NO2/c1-5-8-16-15(17)10-18-13-6-7-14(11(2)3)12(4)9-13/h5-7,9,11H,1,8,10H2,2-4H3,(H,16,17). The second kappa shape index (κ2) is 6.84. The van der Waals surface area contributed by atoms with E-state index in [9.17, 15) is 4.79 Å². The van der Waals surface area contributed by atoms with Crippen LogP contribution in [0.3, 0.4) is 0 Å². The van der Waals surface area contributed by atoms with E-state index in [1.54, 1.807) is 6.08 Å². The quantitative estimate of drug-likeness (QED) is 0.785. The highest BCUT2D eigenvalue weighted by Crippen LogP contribution is 2.23. The molecule has 98 valence electrons. The van der Waals surface area contributed by atoms with Crippen molar-refractivity contribution in [3.63, 3.8) is 0 Å². The van der Waals surface area contributed by atoms with Gasteiger partial charge in [-0.2, -0.15) is 0 Å². The molecule has 0 aromatic heterocycles. The summed E-state index contributed by atoms with van der Waals surface area (Å²) < 4.78 is 5.43. The summed E-state index contributed by atoms with van der Waals surface area (Å²) >= 11 is 0. The van der Waals surface area contributed by atoms with Gasteiger partial charge in [-0.15, -0.1) is 6.58 Å². The second-order valence-corrected chi connectivity index (χ2v) is 4.55. The van der Waals surface area contributed by atoms with E-state index in [1.807, 2.05) is 12.1 Å². The maximum Gasteiger partial charge on any atom is 0.258 e. The predicted molar refractivity (Wildman–Crippen MR) is 74.0 cm³/mol. The topological polar surface area (TPSA) is 38.3 Å². The van der Waals surface area contributed by atoms with Crippen molar-refractivity contribution in [1.82, 2.24) is 5.32 Å². The average Bonchev–Trinajstić information content (AvgIpc) is 2.33. The summed E-state index contributed by atoms with van der Waals surface area (Å²) in [5.41, 5.74) is 2.49. The molecule has 1 amide bonds. The molecule has 0 aliphatic heterocycles. The van der Waals surface area contributed by atoms with Crippen LogP contribution in [0, 0.1) is 6.92 Å². The summed E-state index contributed by atoms with van der Waals surface area (Å²) in [7, 11) is 0. The zero-order valence-electron chi connectivity index (χ0n) is 11.3. The molecule has 0 spiro atoms. The van der Waals surface area contributed by atoms with E-state index in [-0.39, 0.29) is 12.5 Å². The second-order valence-electron chi connectivity index (χ2n) is 4.55. The van der Waals surface area contributed by atoms with E-state index in [0.717, 1.165) is 5.75 Å². The van der Waals surface area contributed by atoms with Crippen molar-refractivity contribution in [2.24, 2.45) is 0 Å². The molecular weight excluding hydrogens is 226 g/mol. The highest BCUT2D eigenvalue weighted by Gasteiger charge is 2.06. The fraction of sp³-hybridized carbons (Fsp3) is 0.400. The molecule has 3 nitrogen and oxygen atoms in total. The number of carbonyl (C=O) groups excluding carboxylic acids is 1. The highest BCUT2D eigenvalue weighted by atomic mass is 16.5. The summed E-state index contributed by atoms with van der Waals surface area (Å²) in [5, 5.41) is 2.66. The van der Waals surface area contributed by atoms with E-state index in [0.29, 0.717) is 12.5 Å². The lowest BCUT2D eigenvalue weighted by Gasteiger charge is -2.12. The van der Waals surface area contributed by atoms with Gasteiger partial charge in [-0.05, 0) is 36.1 Å². The van der Waals surface area contributed by atoms with Crippen molar-refractivity contribution in [3.05, 3.63) is 42.0 Å². The molecule has 1 aromatic carbocycles. The summed E-state index contributed by atoms with van der Waals surface area (Å²) in [6, 6.07) is 5.93. The van der Waals surface area contributed by atoms with E-state index in [1.165, 1.54) is 11.1 Å². The normalized spacial score (nSPS) is 10.2. The van der Waals surface area contributed by atoms with Crippen LogP contribution < -0.4 is 10.1 Å². The number of benzene rings is 1. The Morgan fingerprint density at radius 2 is 2.22 bits per heavy atom. The number of nitrogens with one attached hydrogen (secondary N) is 1. The van der Waals surface area contributed by atoms with Gasteiger partial charge in [-0.1, -0.05) is 26.0 Å². The van der Waals surface area contributed by atoms with Gasteiger partial charge >= 0.3 is 0 Å². The van der Waals surface area contributed by atoms with Crippen molar-refractivity contribution in [1.29, 1.82) is 0 Å². The molecule has 1 aromatic rings. The van der Waals surface area contributed by atoms with Crippen molar-refractivity contribution in [2.75, 3.05) is 13.2 Å². The van der Waals surface area contributed by atoms with Crippen molar-refractivity contribution in [2.45, 2.75) is 26.7 Å².